The first-order valence-corrected chi connectivity index (χ1v) is 10.3. The number of rotatable bonds is 4. The van der Waals surface area contributed by atoms with Crippen LogP contribution in [-0.2, 0) is 4.79 Å². The zero-order valence-corrected chi connectivity index (χ0v) is 16.7. The molecule has 1 aliphatic carbocycles. The summed E-state index contributed by atoms with van der Waals surface area (Å²) in [5.74, 6) is 1.27. The maximum absolute atomic E-state index is 12.8. The van der Waals surface area contributed by atoms with E-state index in [1.807, 2.05) is 13.8 Å². The normalized spacial score (nSPS) is 22.5. The number of alkyl halides is 3. The predicted molar refractivity (Wildman–Crippen MR) is 102 cm³/mol. The molecule has 0 atom stereocenters. The van der Waals surface area contributed by atoms with Gasteiger partial charge in [-0.1, -0.05) is 0 Å². The number of halogens is 3. The lowest BCUT2D eigenvalue weighted by molar-refractivity contribution is -0.135. The molecule has 1 saturated carbocycles. The van der Waals surface area contributed by atoms with Crippen molar-refractivity contribution in [2.45, 2.75) is 42.7 Å². The Kier molecular flexibility index (Phi) is 4.90. The van der Waals surface area contributed by atoms with Crippen LogP contribution in [0.2, 0.25) is 0 Å². The second kappa shape index (κ2) is 6.99. The Bertz CT molecular complexity index is 818. The SMILES string of the molecule is CC1(C)Oc2ccc(SC(F)(F)F)cc2C=C1N1CCN(CC2CC2)CC1=O. The minimum atomic E-state index is -4.34. The lowest BCUT2D eigenvalue weighted by atomic mass is 9.96. The smallest absolute Gasteiger partial charge is 0.446 e. The number of piperazine rings is 1. The van der Waals surface area contributed by atoms with E-state index in [4.69, 9.17) is 4.74 Å². The van der Waals surface area contributed by atoms with Crippen molar-refractivity contribution < 1.29 is 22.7 Å². The first kappa shape index (κ1) is 19.6. The third kappa shape index (κ3) is 4.33. The highest BCUT2D eigenvalue weighted by atomic mass is 32.2. The fraction of sp³-hybridized carbons (Fsp3) is 0.550. The van der Waals surface area contributed by atoms with Crippen molar-refractivity contribution in [1.29, 1.82) is 0 Å². The largest absolute Gasteiger partial charge is 0.481 e. The van der Waals surface area contributed by atoms with Gasteiger partial charge in [0, 0.05) is 30.1 Å². The number of amides is 1. The molecular weight excluding hydrogens is 389 g/mol. The molecule has 4 nitrogen and oxygen atoms in total. The van der Waals surface area contributed by atoms with E-state index < -0.39 is 11.1 Å². The Balaban J connectivity index is 1.57. The van der Waals surface area contributed by atoms with E-state index >= 15 is 0 Å². The van der Waals surface area contributed by atoms with Crippen LogP contribution in [-0.4, -0.2) is 53.0 Å². The molecule has 152 valence electrons. The van der Waals surface area contributed by atoms with Crippen LogP contribution in [0.3, 0.4) is 0 Å². The number of nitrogens with zero attached hydrogens (tertiary/aromatic N) is 2. The van der Waals surface area contributed by atoms with Crippen LogP contribution in [0.15, 0.2) is 28.8 Å². The number of carbonyl (C=O) groups excluding carboxylic acids is 1. The summed E-state index contributed by atoms with van der Waals surface area (Å²) < 4.78 is 44.2. The lowest BCUT2D eigenvalue weighted by Gasteiger charge is -2.43. The third-order valence-corrected chi connectivity index (χ3v) is 6.01. The van der Waals surface area contributed by atoms with Crippen LogP contribution in [0.4, 0.5) is 13.2 Å². The van der Waals surface area contributed by atoms with Crippen molar-refractivity contribution in [2.24, 2.45) is 5.92 Å². The summed E-state index contributed by atoms with van der Waals surface area (Å²) in [5.41, 5.74) is -3.81. The van der Waals surface area contributed by atoms with Gasteiger partial charge in [0.1, 0.15) is 11.4 Å². The molecule has 0 aromatic heterocycles. The highest BCUT2D eigenvalue weighted by Gasteiger charge is 2.39. The molecule has 2 fully saturated rings. The number of hydrogen-bond donors (Lipinski definition) is 0. The maximum atomic E-state index is 12.8. The van der Waals surface area contributed by atoms with Crippen molar-refractivity contribution in [2.75, 3.05) is 26.2 Å². The van der Waals surface area contributed by atoms with Gasteiger partial charge in [0.2, 0.25) is 5.91 Å². The van der Waals surface area contributed by atoms with Crippen LogP contribution in [0.25, 0.3) is 6.08 Å². The molecular formula is C20H23F3N2O2S. The number of carbonyl (C=O) groups is 1. The fourth-order valence-corrected chi connectivity index (χ4v) is 4.37. The molecule has 0 N–H and O–H groups in total. The van der Waals surface area contributed by atoms with Gasteiger partial charge in [-0.3, -0.25) is 9.69 Å². The second-order valence-corrected chi connectivity index (χ2v) is 9.25. The van der Waals surface area contributed by atoms with Crippen LogP contribution in [0.5, 0.6) is 5.75 Å². The first-order chi connectivity index (χ1) is 13.1. The average Bonchev–Trinajstić information content (AvgIpc) is 3.37. The second-order valence-electron chi connectivity index (χ2n) is 8.11. The lowest BCUT2D eigenvalue weighted by Crippen LogP contribution is -2.54. The van der Waals surface area contributed by atoms with E-state index in [1.54, 1.807) is 17.0 Å². The summed E-state index contributed by atoms with van der Waals surface area (Å²) in [5, 5.41) is 0. The van der Waals surface area contributed by atoms with Crippen LogP contribution in [0, 0.1) is 5.92 Å². The van der Waals surface area contributed by atoms with Crippen LogP contribution >= 0.6 is 11.8 Å². The molecule has 1 aromatic rings. The number of benzene rings is 1. The van der Waals surface area contributed by atoms with Crippen LogP contribution < -0.4 is 4.74 Å². The quantitative estimate of drug-likeness (QED) is 0.688. The summed E-state index contributed by atoms with van der Waals surface area (Å²) >= 11 is -0.149. The van der Waals surface area contributed by atoms with Crippen molar-refractivity contribution in [3.63, 3.8) is 0 Å². The molecule has 2 heterocycles. The van der Waals surface area contributed by atoms with Gasteiger partial charge in [-0.2, -0.15) is 13.2 Å². The minimum Gasteiger partial charge on any atom is -0.481 e. The zero-order chi connectivity index (χ0) is 20.1. The Morgan fingerprint density at radius 3 is 2.64 bits per heavy atom. The molecule has 4 rings (SSSR count). The van der Waals surface area contributed by atoms with E-state index in [2.05, 4.69) is 4.90 Å². The molecule has 3 aliphatic rings. The van der Waals surface area contributed by atoms with Gasteiger partial charge in [-0.25, -0.2) is 0 Å². The van der Waals surface area contributed by atoms with Gasteiger partial charge in [0.15, 0.2) is 0 Å². The van der Waals surface area contributed by atoms with Gasteiger partial charge >= 0.3 is 5.51 Å². The Morgan fingerprint density at radius 2 is 2.00 bits per heavy atom. The summed E-state index contributed by atoms with van der Waals surface area (Å²) in [6, 6.07) is 4.44. The molecule has 1 saturated heterocycles. The predicted octanol–water partition coefficient (Wildman–Crippen LogP) is 4.36. The van der Waals surface area contributed by atoms with Crippen molar-refractivity contribution in [3.8, 4) is 5.75 Å². The minimum absolute atomic E-state index is 0.0131. The van der Waals surface area contributed by atoms with Gasteiger partial charge < -0.3 is 9.64 Å². The zero-order valence-electron chi connectivity index (χ0n) is 15.9. The number of ether oxygens (including phenoxy) is 1. The molecule has 8 heteroatoms. The first-order valence-electron chi connectivity index (χ1n) is 9.44. The molecule has 0 radical (unpaired) electrons. The van der Waals surface area contributed by atoms with Crippen LogP contribution in [0.1, 0.15) is 32.3 Å². The molecule has 28 heavy (non-hydrogen) atoms. The topological polar surface area (TPSA) is 32.8 Å². The van der Waals surface area contributed by atoms with E-state index in [0.717, 1.165) is 19.0 Å². The number of thioether (sulfide) groups is 1. The molecule has 0 spiro atoms. The third-order valence-electron chi connectivity index (χ3n) is 5.29. The maximum Gasteiger partial charge on any atom is 0.446 e. The summed E-state index contributed by atoms with van der Waals surface area (Å²) in [6.07, 6.45) is 4.29. The Morgan fingerprint density at radius 1 is 1.25 bits per heavy atom. The monoisotopic (exact) mass is 412 g/mol. The standard InChI is InChI=1S/C20H23F3N2O2S/c1-19(2)17(25-8-7-24(12-18(25)26)11-13-3-4-13)10-14-9-15(28-20(21,22)23)5-6-16(14)27-19/h5-6,9-10,13H,3-4,7-8,11-12H2,1-2H3. The Labute approximate surface area is 166 Å². The van der Waals surface area contributed by atoms with Crippen molar-refractivity contribution >= 4 is 23.7 Å². The highest BCUT2D eigenvalue weighted by Crippen LogP contribution is 2.42. The van der Waals surface area contributed by atoms with Crippen molar-refractivity contribution in [3.05, 3.63) is 29.5 Å². The van der Waals surface area contributed by atoms with E-state index in [9.17, 15) is 18.0 Å². The number of hydrogen-bond acceptors (Lipinski definition) is 4. The van der Waals surface area contributed by atoms with E-state index in [0.29, 0.717) is 30.1 Å². The average molecular weight is 412 g/mol. The summed E-state index contributed by atoms with van der Waals surface area (Å²) in [4.78, 5) is 16.8. The van der Waals surface area contributed by atoms with Gasteiger partial charge in [0.05, 0.1) is 12.2 Å². The van der Waals surface area contributed by atoms with Gasteiger partial charge in [-0.05, 0) is 68.6 Å². The van der Waals surface area contributed by atoms with Gasteiger partial charge in [0.25, 0.3) is 0 Å². The highest BCUT2D eigenvalue weighted by molar-refractivity contribution is 8.00. The molecule has 0 unspecified atom stereocenters. The Hall–Kier alpha value is -1.67. The molecule has 1 aromatic carbocycles. The summed E-state index contributed by atoms with van der Waals surface area (Å²) in [6.45, 7) is 6.47. The van der Waals surface area contributed by atoms with Crippen molar-refractivity contribution in [1.82, 2.24) is 9.80 Å². The van der Waals surface area contributed by atoms with Gasteiger partial charge in [-0.15, -0.1) is 0 Å². The summed E-state index contributed by atoms with van der Waals surface area (Å²) in [7, 11) is 0. The molecule has 2 aliphatic heterocycles. The number of fused-ring (bicyclic) bond motifs is 1. The molecule has 0 bridgehead atoms. The fourth-order valence-electron chi connectivity index (χ4n) is 3.78. The van der Waals surface area contributed by atoms with E-state index in [-0.39, 0.29) is 22.6 Å². The molecule has 1 amide bonds. The van der Waals surface area contributed by atoms with E-state index in [1.165, 1.54) is 25.0 Å².